The lowest BCUT2D eigenvalue weighted by Gasteiger charge is -2.24. The largest absolute Gasteiger partial charge is 0.536 e. The molecule has 86 valence electrons. The second kappa shape index (κ2) is 7.84. The standard InChI is InChI=1S/C9H14O3Si.CH3Cl/c1-10-13(11-2,12-3)9-7-5-4-6-8-9;1-2/h4-8H,1-3H3;1H3. The van der Waals surface area contributed by atoms with Crippen LogP contribution in [0.15, 0.2) is 30.3 Å². The van der Waals surface area contributed by atoms with Crippen LogP contribution in [0.25, 0.3) is 0 Å². The van der Waals surface area contributed by atoms with Gasteiger partial charge >= 0.3 is 8.80 Å². The van der Waals surface area contributed by atoms with E-state index in [9.17, 15) is 0 Å². The Labute approximate surface area is 97.3 Å². The minimum atomic E-state index is -2.59. The van der Waals surface area contributed by atoms with Gasteiger partial charge in [-0.3, -0.25) is 0 Å². The van der Waals surface area contributed by atoms with E-state index < -0.39 is 8.80 Å². The van der Waals surface area contributed by atoms with Crippen LogP contribution in [-0.2, 0) is 13.3 Å². The van der Waals surface area contributed by atoms with Gasteiger partial charge in [0.25, 0.3) is 0 Å². The van der Waals surface area contributed by atoms with E-state index in [2.05, 4.69) is 11.6 Å². The van der Waals surface area contributed by atoms with Gasteiger partial charge in [-0.05, 0) is 0 Å². The SMILES string of the molecule is CCl.CO[Si](OC)(OC)c1ccccc1. The van der Waals surface area contributed by atoms with E-state index in [1.54, 1.807) is 21.3 Å². The van der Waals surface area contributed by atoms with Crippen molar-refractivity contribution in [3.05, 3.63) is 30.3 Å². The number of hydrogen-bond donors (Lipinski definition) is 0. The van der Waals surface area contributed by atoms with Crippen LogP contribution in [0.2, 0.25) is 0 Å². The molecular weight excluding hydrogens is 232 g/mol. The summed E-state index contributed by atoms with van der Waals surface area (Å²) in [4.78, 5) is 0. The number of alkyl halides is 1. The maximum atomic E-state index is 5.32. The molecule has 0 unspecified atom stereocenters. The molecule has 0 radical (unpaired) electrons. The average Bonchev–Trinajstić information content (AvgIpc) is 2.36. The lowest BCUT2D eigenvalue weighted by molar-refractivity contribution is 0.140. The van der Waals surface area contributed by atoms with Crippen molar-refractivity contribution in [1.82, 2.24) is 0 Å². The molecule has 3 nitrogen and oxygen atoms in total. The Kier molecular flexibility index (Phi) is 7.64. The van der Waals surface area contributed by atoms with Crippen LogP contribution in [0.3, 0.4) is 0 Å². The highest BCUT2D eigenvalue weighted by Crippen LogP contribution is 2.05. The van der Waals surface area contributed by atoms with E-state index in [1.807, 2.05) is 30.3 Å². The van der Waals surface area contributed by atoms with Gasteiger partial charge in [-0.1, -0.05) is 30.3 Å². The Morgan fingerprint density at radius 2 is 1.27 bits per heavy atom. The van der Waals surface area contributed by atoms with Crippen LogP contribution in [0.5, 0.6) is 0 Å². The van der Waals surface area contributed by atoms with E-state index in [1.165, 1.54) is 6.38 Å². The van der Waals surface area contributed by atoms with Crippen molar-refractivity contribution in [2.24, 2.45) is 0 Å². The van der Waals surface area contributed by atoms with Gasteiger partial charge in [0.2, 0.25) is 0 Å². The first-order valence-electron chi connectivity index (χ1n) is 4.38. The zero-order valence-corrected chi connectivity index (χ0v) is 11.2. The third-order valence-corrected chi connectivity index (χ3v) is 4.59. The van der Waals surface area contributed by atoms with Crippen molar-refractivity contribution in [1.29, 1.82) is 0 Å². The van der Waals surface area contributed by atoms with Gasteiger partial charge in [-0.2, -0.15) is 0 Å². The summed E-state index contributed by atoms with van der Waals surface area (Å²) in [6.07, 6.45) is 1.47. The molecule has 15 heavy (non-hydrogen) atoms. The fourth-order valence-electron chi connectivity index (χ4n) is 1.25. The molecule has 1 aromatic rings. The molecule has 1 aromatic carbocycles. The highest BCUT2D eigenvalue weighted by atomic mass is 35.5. The first-order valence-corrected chi connectivity index (χ1v) is 6.86. The monoisotopic (exact) mass is 248 g/mol. The normalized spacial score (nSPS) is 10.5. The van der Waals surface area contributed by atoms with Crippen molar-refractivity contribution in [3.63, 3.8) is 0 Å². The summed E-state index contributed by atoms with van der Waals surface area (Å²) in [5.41, 5.74) is 0. The highest BCUT2D eigenvalue weighted by Gasteiger charge is 2.40. The molecule has 5 heteroatoms. The zero-order valence-electron chi connectivity index (χ0n) is 9.49. The minimum Gasteiger partial charge on any atom is -0.373 e. The topological polar surface area (TPSA) is 27.7 Å². The first kappa shape index (κ1) is 14.6. The molecule has 0 saturated carbocycles. The second-order valence-corrected chi connectivity index (χ2v) is 5.45. The lowest BCUT2D eigenvalue weighted by atomic mass is 10.4. The molecule has 1 rings (SSSR count). The third kappa shape index (κ3) is 3.59. The smallest absolute Gasteiger partial charge is 0.373 e. The van der Waals surface area contributed by atoms with Crippen LogP contribution in [0.4, 0.5) is 0 Å². The molecule has 0 bridgehead atoms. The molecule has 0 N–H and O–H groups in total. The maximum Gasteiger partial charge on any atom is 0.536 e. The van der Waals surface area contributed by atoms with Crippen LogP contribution in [0.1, 0.15) is 0 Å². The predicted molar refractivity (Wildman–Crippen MR) is 64.6 cm³/mol. The second-order valence-electron chi connectivity index (χ2n) is 2.53. The van der Waals surface area contributed by atoms with Crippen molar-refractivity contribution >= 4 is 25.6 Å². The molecule has 0 spiro atoms. The molecular formula is C10H17ClO3Si. The summed E-state index contributed by atoms with van der Waals surface area (Å²) in [6.45, 7) is 0. The van der Waals surface area contributed by atoms with Crippen LogP contribution in [0, 0.1) is 0 Å². The third-order valence-electron chi connectivity index (χ3n) is 1.93. The summed E-state index contributed by atoms with van der Waals surface area (Å²) in [7, 11) is 2.22. The molecule has 0 heterocycles. The lowest BCUT2D eigenvalue weighted by Crippen LogP contribution is -2.54. The van der Waals surface area contributed by atoms with Crippen molar-refractivity contribution in [2.45, 2.75) is 0 Å². The highest BCUT2D eigenvalue weighted by molar-refractivity contribution is 6.75. The number of halogens is 1. The molecule has 0 fully saturated rings. The van der Waals surface area contributed by atoms with Gasteiger partial charge in [0.05, 0.1) is 0 Å². The van der Waals surface area contributed by atoms with E-state index >= 15 is 0 Å². The average molecular weight is 249 g/mol. The molecule has 0 saturated heterocycles. The van der Waals surface area contributed by atoms with Gasteiger partial charge in [-0.15, -0.1) is 11.6 Å². The van der Waals surface area contributed by atoms with Crippen LogP contribution in [-0.4, -0.2) is 36.5 Å². The molecule has 0 aliphatic rings. The fourth-order valence-corrected chi connectivity index (χ4v) is 3.05. The molecule has 0 aromatic heterocycles. The van der Waals surface area contributed by atoms with Gasteiger partial charge < -0.3 is 13.3 Å². The quantitative estimate of drug-likeness (QED) is 0.599. The Hall–Kier alpha value is -0.393. The first-order chi connectivity index (χ1) is 7.29. The summed E-state index contributed by atoms with van der Waals surface area (Å²) >= 11 is 4.64. The zero-order chi connectivity index (χ0) is 11.7. The number of rotatable bonds is 4. The van der Waals surface area contributed by atoms with Crippen LogP contribution < -0.4 is 5.19 Å². The van der Waals surface area contributed by atoms with Crippen molar-refractivity contribution in [2.75, 3.05) is 27.7 Å². The molecule has 0 atom stereocenters. The van der Waals surface area contributed by atoms with E-state index in [0.29, 0.717) is 0 Å². The van der Waals surface area contributed by atoms with Gasteiger partial charge in [0.1, 0.15) is 0 Å². The van der Waals surface area contributed by atoms with Gasteiger partial charge in [0.15, 0.2) is 0 Å². The molecule has 0 aliphatic heterocycles. The number of benzene rings is 1. The Morgan fingerprint density at radius 1 is 0.867 bits per heavy atom. The van der Waals surface area contributed by atoms with Crippen molar-refractivity contribution < 1.29 is 13.3 Å². The summed E-state index contributed by atoms with van der Waals surface area (Å²) in [6, 6.07) is 9.72. The number of hydrogen-bond acceptors (Lipinski definition) is 3. The Bertz CT molecular complexity index is 244. The van der Waals surface area contributed by atoms with Crippen molar-refractivity contribution in [3.8, 4) is 0 Å². The Balaban J connectivity index is 0.000000921. The summed E-state index contributed by atoms with van der Waals surface area (Å²) < 4.78 is 16.0. The summed E-state index contributed by atoms with van der Waals surface area (Å²) in [5, 5.41) is 0.975. The van der Waals surface area contributed by atoms with Crippen LogP contribution >= 0.6 is 11.6 Å². The molecule has 0 aliphatic carbocycles. The van der Waals surface area contributed by atoms with Gasteiger partial charge in [0, 0.05) is 32.9 Å². The fraction of sp³-hybridized carbons (Fsp3) is 0.400. The summed E-state index contributed by atoms with van der Waals surface area (Å²) in [5.74, 6) is 0. The maximum absolute atomic E-state index is 5.32. The van der Waals surface area contributed by atoms with E-state index in [-0.39, 0.29) is 0 Å². The Morgan fingerprint density at radius 3 is 1.60 bits per heavy atom. The van der Waals surface area contributed by atoms with Gasteiger partial charge in [-0.25, -0.2) is 0 Å². The molecule has 0 amide bonds. The minimum absolute atomic E-state index is 0.975. The van der Waals surface area contributed by atoms with E-state index in [0.717, 1.165) is 5.19 Å². The predicted octanol–water partition coefficient (Wildman–Crippen LogP) is 1.63. The van der Waals surface area contributed by atoms with E-state index in [4.69, 9.17) is 13.3 Å².